The summed E-state index contributed by atoms with van der Waals surface area (Å²) < 4.78 is 5.67. The van der Waals surface area contributed by atoms with Crippen molar-refractivity contribution in [3.8, 4) is 5.75 Å². The fourth-order valence-electron chi connectivity index (χ4n) is 2.43. The fraction of sp³-hybridized carbons (Fsp3) is 0.200. The average molecular weight is 305 g/mol. The topological polar surface area (TPSA) is 64.4 Å². The molecule has 3 rings (SSSR count). The standard InChI is InChI=1S/C15H13ClN2O3/c16-11-5-6-15-10(7-11)8-12(9-21-15)17-13-3-1-2-4-14(13)18(19)20/h1-7,12,17H,8-9H2/t12-/m0/s1. The Kier molecular flexibility index (Phi) is 3.66. The number of halogens is 1. The number of nitro benzene ring substituents is 1. The second-order valence-electron chi connectivity index (χ2n) is 4.88. The third-order valence-electron chi connectivity index (χ3n) is 3.39. The largest absolute Gasteiger partial charge is 0.491 e. The smallest absolute Gasteiger partial charge is 0.292 e. The predicted molar refractivity (Wildman–Crippen MR) is 81.2 cm³/mol. The highest BCUT2D eigenvalue weighted by Gasteiger charge is 2.22. The van der Waals surface area contributed by atoms with Crippen LogP contribution in [-0.2, 0) is 6.42 Å². The maximum atomic E-state index is 11.0. The van der Waals surface area contributed by atoms with Gasteiger partial charge in [-0.2, -0.15) is 0 Å². The highest BCUT2D eigenvalue weighted by atomic mass is 35.5. The fourth-order valence-corrected chi connectivity index (χ4v) is 2.63. The van der Waals surface area contributed by atoms with E-state index in [2.05, 4.69) is 5.32 Å². The Morgan fingerprint density at radius 1 is 1.29 bits per heavy atom. The lowest BCUT2D eigenvalue weighted by molar-refractivity contribution is -0.384. The second kappa shape index (κ2) is 5.61. The third kappa shape index (κ3) is 2.92. The van der Waals surface area contributed by atoms with Gasteiger partial charge in [0.05, 0.1) is 11.0 Å². The van der Waals surface area contributed by atoms with E-state index >= 15 is 0 Å². The molecule has 2 aromatic carbocycles. The van der Waals surface area contributed by atoms with Crippen molar-refractivity contribution in [1.82, 2.24) is 0 Å². The summed E-state index contributed by atoms with van der Waals surface area (Å²) in [6, 6.07) is 12.1. The van der Waals surface area contributed by atoms with Crippen LogP contribution in [0, 0.1) is 10.1 Å². The van der Waals surface area contributed by atoms with E-state index in [0.717, 1.165) is 11.3 Å². The molecule has 1 N–H and O–H groups in total. The van der Waals surface area contributed by atoms with Crippen molar-refractivity contribution in [2.75, 3.05) is 11.9 Å². The third-order valence-corrected chi connectivity index (χ3v) is 3.62. The van der Waals surface area contributed by atoms with Crippen LogP contribution in [-0.4, -0.2) is 17.6 Å². The van der Waals surface area contributed by atoms with Crippen molar-refractivity contribution >= 4 is 23.0 Å². The zero-order valence-corrected chi connectivity index (χ0v) is 11.8. The lowest BCUT2D eigenvalue weighted by Gasteiger charge is -2.26. The van der Waals surface area contributed by atoms with Gasteiger partial charge in [0.25, 0.3) is 5.69 Å². The molecule has 2 aromatic rings. The Labute approximate surface area is 126 Å². The molecule has 1 aliphatic rings. The van der Waals surface area contributed by atoms with E-state index in [9.17, 15) is 10.1 Å². The van der Waals surface area contributed by atoms with Crippen molar-refractivity contribution in [3.63, 3.8) is 0 Å². The summed E-state index contributed by atoms with van der Waals surface area (Å²) in [5, 5.41) is 14.9. The first-order valence-electron chi connectivity index (χ1n) is 6.54. The Hall–Kier alpha value is -2.27. The number of nitrogens with one attached hydrogen (secondary N) is 1. The van der Waals surface area contributed by atoms with Crippen LogP contribution in [0.4, 0.5) is 11.4 Å². The van der Waals surface area contributed by atoms with Crippen LogP contribution in [0.3, 0.4) is 0 Å². The number of rotatable bonds is 3. The molecule has 0 bridgehead atoms. The zero-order valence-electron chi connectivity index (χ0n) is 11.1. The molecule has 0 fully saturated rings. The molecule has 0 aliphatic carbocycles. The molecule has 1 aliphatic heterocycles. The number of anilines is 1. The second-order valence-corrected chi connectivity index (χ2v) is 5.32. The molecule has 21 heavy (non-hydrogen) atoms. The minimum absolute atomic E-state index is 0.0305. The number of para-hydroxylation sites is 2. The first kappa shape index (κ1) is 13.7. The number of hydrogen-bond donors (Lipinski definition) is 1. The number of ether oxygens (including phenoxy) is 1. The summed E-state index contributed by atoms with van der Waals surface area (Å²) in [5.74, 6) is 0.819. The van der Waals surface area contributed by atoms with Gasteiger partial charge in [-0.3, -0.25) is 10.1 Å². The minimum atomic E-state index is -0.392. The Morgan fingerprint density at radius 3 is 2.90 bits per heavy atom. The first-order chi connectivity index (χ1) is 10.1. The Morgan fingerprint density at radius 2 is 2.10 bits per heavy atom. The SMILES string of the molecule is O=[N+]([O-])c1ccccc1N[C@@H]1COc2ccc(Cl)cc2C1. The normalized spacial score (nSPS) is 16.7. The van der Waals surface area contributed by atoms with E-state index in [1.807, 2.05) is 12.1 Å². The van der Waals surface area contributed by atoms with Crippen LogP contribution in [0.2, 0.25) is 5.02 Å². The van der Waals surface area contributed by atoms with Crippen LogP contribution in [0.1, 0.15) is 5.56 Å². The molecule has 0 aromatic heterocycles. The van der Waals surface area contributed by atoms with E-state index in [0.29, 0.717) is 23.7 Å². The van der Waals surface area contributed by atoms with Crippen LogP contribution < -0.4 is 10.1 Å². The summed E-state index contributed by atoms with van der Waals surface area (Å²) in [4.78, 5) is 10.6. The van der Waals surface area contributed by atoms with Gasteiger partial charge in [0.1, 0.15) is 18.0 Å². The molecule has 108 valence electrons. The number of benzene rings is 2. The summed E-state index contributed by atoms with van der Waals surface area (Å²) in [5.41, 5.74) is 1.57. The summed E-state index contributed by atoms with van der Waals surface area (Å²) >= 11 is 5.99. The molecule has 1 heterocycles. The number of hydrogen-bond acceptors (Lipinski definition) is 4. The minimum Gasteiger partial charge on any atom is -0.491 e. The van der Waals surface area contributed by atoms with Gasteiger partial charge in [0.15, 0.2) is 0 Å². The van der Waals surface area contributed by atoms with E-state index in [1.165, 1.54) is 6.07 Å². The van der Waals surface area contributed by atoms with Gasteiger partial charge in [-0.1, -0.05) is 23.7 Å². The molecule has 0 saturated heterocycles. The molecule has 5 nitrogen and oxygen atoms in total. The van der Waals surface area contributed by atoms with Gasteiger partial charge in [-0.05, 0) is 36.2 Å². The van der Waals surface area contributed by atoms with E-state index in [-0.39, 0.29) is 11.7 Å². The molecule has 0 radical (unpaired) electrons. The molecule has 1 atom stereocenters. The highest BCUT2D eigenvalue weighted by Crippen LogP contribution is 2.30. The van der Waals surface area contributed by atoms with Crippen molar-refractivity contribution in [2.45, 2.75) is 12.5 Å². The quantitative estimate of drug-likeness (QED) is 0.694. The van der Waals surface area contributed by atoms with Gasteiger partial charge < -0.3 is 10.1 Å². The Bertz CT molecular complexity index is 690. The zero-order chi connectivity index (χ0) is 14.8. The first-order valence-corrected chi connectivity index (χ1v) is 6.92. The average Bonchev–Trinajstić information content (AvgIpc) is 2.47. The molecule has 0 unspecified atom stereocenters. The highest BCUT2D eigenvalue weighted by molar-refractivity contribution is 6.30. The predicted octanol–water partition coefficient (Wildman–Crippen LogP) is 3.66. The van der Waals surface area contributed by atoms with Gasteiger partial charge in [0.2, 0.25) is 0 Å². The molecule has 0 spiro atoms. The van der Waals surface area contributed by atoms with Crippen molar-refractivity contribution in [1.29, 1.82) is 0 Å². The van der Waals surface area contributed by atoms with Gasteiger partial charge in [-0.25, -0.2) is 0 Å². The van der Waals surface area contributed by atoms with Crippen LogP contribution >= 0.6 is 11.6 Å². The summed E-state index contributed by atoms with van der Waals surface area (Å²) in [6.07, 6.45) is 0.710. The van der Waals surface area contributed by atoms with Crippen molar-refractivity contribution < 1.29 is 9.66 Å². The lowest BCUT2D eigenvalue weighted by atomic mass is 10.0. The molecular weight excluding hydrogens is 292 g/mol. The Balaban J connectivity index is 1.80. The summed E-state index contributed by atoms with van der Waals surface area (Å²) in [6.45, 7) is 0.459. The lowest BCUT2D eigenvalue weighted by Crippen LogP contribution is -2.33. The van der Waals surface area contributed by atoms with Gasteiger partial charge in [0, 0.05) is 11.1 Å². The van der Waals surface area contributed by atoms with Crippen LogP contribution in [0.5, 0.6) is 5.75 Å². The van der Waals surface area contributed by atoms with Crippen molar-refractivity contribution in [2.24, 2.45) is 0 Å². The van der Waals surface area contributed by atoms with Crippen molar-refractivity contribution in [3.05, 3.63) is 63.2 Å². The van der Waals surface area contributed by atoms with E-state index in [1.54, 1.807) is 24.3 Å². The van der Waals surface area contributed by atoms with Crippen LogP contribution in [0.25, 0.3) is 0 Å². The number of nitro groups is 1. The number of nitrogens with zero attached hydrogens (tertiary/aromatic N) is 1. The van der Waals surface area contributed by atoms with E-state index < -0.39 is 4.92 Å². The van der Waals surface area contributed by atoms with Crippen LogP contribution in [0.15, 0.2) is 42.5 Å². The molecule has 0 amide bonds. The number of fused-ring (bicyclic) bond motifs is 1. The summed E-state index contributed by atoms with van der Waals surface area (Å²) in [7, 11) is 0. The molecule has 6 heteroatoms. The van der Waals surface area contributed by atoms with E-state index in [4.69, 9.17) is 16.3 Å². The monoisotopic (exact) mass is 304 g/mol. The molecular formula is C15H13ClN2O3. The van der Waals surface area contributed by atoms with Gasteiger partial charge in [-0.15, -0.1) is 0 Å². The maximum absolute atomic E-state index is 11.0. The maximum Gasteiger partial charge on any atom is 0.292 e. The molecule has 0 saturated carbocycles. The van der Waals surface area contributed by atoms with Gasteiger partial charge >= 0.3 is 0 Å².